The molecule has 0 saturated heterocycles. The number of thiazole rings is 1. The maximum atomic E-state index is 11.1. The van der Waals surface area contributed by atoms with E-state index < -0.39 is 5.97 Å². The van der Waals surface area contributed by atoms with E-state index in [1.165, 1.54) is 5.56 Å². The number of carboxylic acid groups (broad SMARTS) is 1. The van der Waals surface area contributed by atoms with Gasteiger partial charge in [0.25, 0.3) is 0 Å². The van der Waals surface area contributed by atoms with Crippen LogP contribution in [0.2, 0.25) is 5.15 Å². The van der Waals surface area contributed by atoms with Gasteiger partial charge in [0, 0.05) is 12.2 Å². The molecule has 1 aliphatic rings. The molecule has 4 nitrogen and oxygen atoms in total. The molecule has 2 aromatic rings. The number of nitrogens with zero attached hydrogens (tertiary/aromatic N) is 2. The second kappa shape index (κ2) is 5.07. The summed E-state index contributed by atoms with van der Waals surface area (Å²) in [6, 6.07) is 8.14. The highest BCUT2D eigenvalue weighted by atomic mass is 35.5. The van der Waals surface area contributed by atoms with Gasteiger partial charge < -0.3 is 10.0 Å². The third-order valence-corrected chi connectivity index (χ3v) is 4.80. The van der Waals surface area contributed by atoms with Crippen molar-refractivity contribution in [2.75, 3.05) is 11.4 Å². The van der Waals surface area contributed by atoms with E-state index in [1.54, 1.807) is 0 Å². The van der Waals surface area contributed by atoms with Gasteiger partial charge in [-0.1, -0.05) is 48.1 Å². The number of hydrogen-bond donors (Lipinski definition) is 1. The maximum absolute atomic E-state index is 11.1. The normalized spacial score (nSPS) is 17.9. The highest BCUT2D eigenvalue weighted by molar-refractivity contribution is 7.18. The Morgan fingerprint density at radius 1 is 1.50 bits per heavy atom. The third-order valence-electron chi connectivity index (χ3n) is 3.34. The zero-order valence-electron chi connectivity index (χ0n) is 10.8. The molecule has 0 amide bonds. The van der Waals surface area contributed by atoms with Gasteiger partial charge in [0.2, 0.25) is 0 Å². The van der Waals surface area contributed by atoms with E-state index in [0.29, 0.717) is 11.0 Å². The zero-order valence-corrected chi connectivity index (χ0v) is 12.4. The van der Waals surface area contributed by atoms with Crippen LogP contribution >= 0.6 is 22.9 Å². The summed E-state index contributed by atoms with van der Waals surface area (Å²) in [5.74, 6) is -0.544. The highest BCUT2D eigenvalue weighted by Gasteiger charge is 2.26. The lowest BCUT2D eigenvalue weighted by Crippen LogP contribution is -2.30. The Hall–Kier alpha value is -1.59. The summed E-state index contributed by atoms with van der Waals surface area (Å²) in [7, 11) is 0. The van der Waals surface area contributed by atoms with Crippen molar-refractivity contribution < 1.29 is 9.90 Å². The number of anilines is 2. The molecule has 1 N–H and O–H groups in total. The Labute approximate surface area is 125 Å². The molecule has 0 bridgehead atoms. The molecule has 1 aromatic heterocycles. The molecular weight excluding hydrogens is 296 g/mol. The fraction of sp³-hybridized carbons (Fsp3) is 0.286. The van der Waals surface area contributed by atoms with E-state index in [-0.39, 0.29) is 10.0 Å². The van der Waals surface area contributed by atoms with Crippen molar-refractivity contribution in [3.63, 3.8) is 0 Å². The summed E-state index contributed by atoms with van der Waals surface area (Å²) >= 11 is 7.04. The lowest BCUT2D eigenvalue weighted by atomic mass is 9.94. The van der Waals surface area contributed by atoms with Gasteiger partial charge >= 0.3 is 5.97 Å². The second-order valence-corrected chi connectivity index (χ2v) is 6.31. The van der Waals surface area contributed by atoms with E-state index >= 15 is 0 Å². The van der Waals surface area contributed by atoms with E-state index in [9.17, 15) is 4.79 Å². The number of halogens is 1. The quantitative estimate of drug-likeness (QED) is 0.916. The van der Waals surface area contributed by atoms with Gasteiger partial charge in [-0.15, -0.1) is 0 Å². The van der Waals surface area contributed by atoms with Crippen LogP contribution in [0.5, 0.6) is 0 Å². The summed E-state index contributed by atoms with van der Waals surface area (Å²) in [5.41, 5.74) is 2.35. The molecule has 104 valence electrons. The predicted octanol–water partition coefficient (Wildman–Crippen LogP) is 3.83. The molecule has 6 heteroatoms. The molecule has 20 heavy (non-hydrogen) atoms. The van der Waals surface area contributed by atoms with Gasteiger partial charge in [-0.05, 0) is 24.0 Å². The Kier molecular flexibility index (Phi) is 3.40. The molecule has 1 aliphatic heterocycles. The van der Waals surface area contributed by atoms with Crippen LogP contribution in [0.15, 0.2) is 24.3 Å². The van der Waals surface area contributed by atoms with E-state index in [2.05, 4.69) is 22.9 Å². The SMILES string of the molecule is CC1Cc2ccccc2N(c2nc(Cl)c(C(=O)O)s2)C1. The van der Waals surface area contributed by atoms with E-state index in [1.807, 2.05) is 18.2 Å². The van der Waals surface area contributed by atoms with Gasteiger partial charge in [0.05, 0.1) is 0 Å². The van der Waals surface area contributed by atoms with Gasteiger partial charge in [0.1, 0.15) is 0 Å². The first-order chi connectivity index (χ1) is 9.56. The molecule has 1 atom stereocenters. The molecule has 0 spiro atoms. The molecule has 0 fully saturated rings. The Morgan fingerprint density at radius 3 is 2.95 bits per heavy atom. The summed E-state index contributed by atoms with van der Waals surface area (Å²) in [5, 5.41) is 9.80. The minimum absolute atomic E-state index is 0.0632. The van der Waals surface area contributed by atoms with Crippen molar-refractivity contribution >= 4 is 39.7 Å². The van der Waals surface area contributed by atoms with Crippen LogP contribution in [-0.2, 0) is 6.42 Å². The summed E-state index contributed by atoms with van der Waals surface area (Å²) in [6.45, 7) is 3.00. The second-order valence-electron chi connectivity index (χ2n) is 4.97. The van der Waals surface area contributed by atoms with Crippen LogP contribution in [0, 0.1) is 5.92 Å². The van der Waals surface area contributed by atoms with Crippen molar-refractivity contribution in [1.82, 2.24) is 4.98 Å². The number of aromatic nitrogens is 1. The summed E-state index contributed by atoms with van der Waals surface area (Å²) in [4.78, 5) is 17.5. The van der Waals surface area contributed by atoms with Crippen LogP contribution < -0.4 is 4.90 Å². The van der Waals surface area contributed by atoms with E-state index in [4.69, 9.17) is 16.7 Å². The van der Waals surface area contributed by atoms with E-state index in [0.717, 1.165) is 30.0 Å². The largest absolute Gasteiger partial charge is 0.477 e. The fourth-order valence-electron chi connectivity index (χ4n) is 2.52. The highest BCUT2D eigenvalue weighted by Crippen LogP contribution is 2.39. The van der Waals surface area contributed by atoms with Crippen molar-refractivity contribution in [2.45, 2.75) is 13.3 Å². The van der Waals surface area contributed by atoms with Crippen molar-refractivity contribution in [1.29, 1.82) is 0 Å². The molecule has 0 aliphatic carbocycles. The van der Waals surface area contributed by atoms with Gasteiger partial charge in [-0.2, -0.15) is 0 Å². The monoisotopic (exact) mass is 308 g/mol. The van der Waals surface area contributed by atoms with Crippen LogP contribution in [0.3, 0.4) is 0 Å². The number of fused-ring (bicyclic) bond motifs is 1. The minimum atomic E-state index is -1.03. The van der Waals surface area contributed by atoms with Crippen LogP contribution in [0.25, 0.3) is 0 Å². The fourth-order valence-corrected chi connectivity index (χ4v) is 3.66. The average Bonchev–Trinajstić information content (AvgIpc) is 2.80. The smallest absolute Gasteiger partial charge is 0.349 e. The van der Waals surface area contributed by atoms with Gasteiger partial charge in [0.15, 0.2) is 15.2 Å². The van der Waals surface area contributed by atoms with Crippen molar-refractivity contribution in [3.05, 3.63) is 39.9 Å². The number of aromatic carboxylic acids is 1. The first-order valence-electron chi connectivity index (χ1n) is 6.31. The summed E-state index contributed by atoms with van der Waals surface area (Å²) < 4.78 is 0. The standard InChI is InChI=1S/C14H13ClN2O2S/c1-8-6-9-4-2-3-5-10(9)17(7-8)14-16-12(15)11(20-14)13(18)19/h2-5,8H,6-7H2,1H3,(H,18,19). The zero-order chi connectivity index (χ0) is 14.3. The van der Waals surface area contributed by atoms with Crippen LogP contribution in [0.4, 0.5) is 10.8 Å². The Bertz CT molecular complexity index is 671. The first kappa shape index (κ1) is 13.4. The molecule has 1 aromatic carbocycles. The molecule has 3 rings (SSSR count). The molecule has 1 unspecified atom stereocenters. The lowest BCUT2D eigenvalue weighted by Gasteiger charge is -2.32. The predicted molar refractivity (Wildman–Crippen MR) is 80.4 cm³/mol. The Balaban J connectivity index is 2.06. The Morgan fingerprint density at radius 2 is 2.25 bits per heavy atom. The summed E-state index contributed by atoms with van der Waals surface area (Å²) in [6.07, 6.45) is 1.03. The number of rotatable bonds is 2. The van der Waals surface area contributed by atoms with Crippen molar-refractivity contribution in [2.24, 2.45) is 5.92 Å². The number of carboxylic acids is 1. The number of para-hydroxylation sites is 1. The number of benzene rings is 1. The molecule has 0 radical (unpaired) electrons. The van der Waals surface area contributed by atoms with Crippen molar-refractivity contribution in [3.8, 4) is 0 Å². The third kappa shape index (κ3) is 2.27. The average molecular weight is 309 g/mol. The minimum Gasteiger partial charge on any atom is -0.477 e. The first-order valence-corrected chi connectivity index (χ1v) is 7.50. The van der Waals surface area contributed by atoms with Gasteiger partial charge in [-0.3, -0.25) is 0 Å². The van der Waals surface area contributed by atoms with Gasteiger partial charge in [-0.25, -0.2) is 9.78 Å². The maximum Gasteiger partial charge on any atom is 0.349 e. The molecule has 0 saturated carbocycles. The van der Waals surface area contributed by atoms with Crippen LogP contribution in [0.1, 0.15) is 22.2 Å². The molecular formula is C14H13ClN2O2S. The number of hydrogen-bond acceptors (Lipinski definition) is 4. The topological polar surface area (TPSA) is 53.4 Å². The lowest BCUT2D eigenvalue weighted by molar-refractivity contribution is 0.0702. The number of carbonyl (C=O) groups is 1. The molecule has 2 heterocycles. The van der Waals surface area contributed by atoms with Crippen LogP contribution in [-0.4, -0.2) is 22.6 Å².